The molecule has 5 aromatic heterocycles. The van der Waals surface area contributed by atoms with E-state index >= 15 is 0 Å². The summed E-state index contributed by atoms with van der Waals surface area (Å²) in [4.78, 5) is 73.1. The number of pyridine rings is 4. The van der Waals surface area contributed by atoms with Crippen molar-refractivity contribution in [1.29, 1.82) is 0 Å². The molecule has 2 fully saturated rings. The maximum atomic E-state index is 13.5. The number of alkyl halides is 4. The van der Waals surface area contributed by atoms with Crippen molar-refractivity contribution in [3.63, 3.8) is 0 Å². The minimum absolute atomic E-state index is 0.0188. The lowest BCUT2D eigenvalue weighted by Crippen LogP contribution is -2.49. The number of amides is 5. The molecule has 0 radical (unpaired) electrons. The van der Waals surface area contributed by atoms with Gasteiger partial charge in [-0.2, -0.15) is 17.6 Å². The number of sulfone groups is 2. The molecule has 0 saturated carbocycles. The lowest BCUT2D eigenvalue weighted by Gasteiger charge is -2.33. The molecule has 20 nitrogen and oxygen atoms in total. The average Bonchev–Trinajstić information content (AvgIpc) is 3.95. The van der Waals surface area contributed by atoms with Gasteiger partial charge in [-0.05, 0) is 82.9 Å². The zero-order valence-corrected chi connectivity index (χ0v) is 42.2. The van der Waals surface area contributed by atoms with E-state index in [9.17, 15) is 53.6 Å². The second-order valence-corrected chi connectivity index (χ2v) is 22.0. The zero-order valence-electron chi connectivity index (χ0n) is 40.6. The SMILES string of the molecule is O=C(CNC(=O)C(F)F)c1ccc(CN(C(=O)N2CCS(=O)(=O)CC2)c2ccc(-c3cccnc3)cc2)nc1.O=C(N1CCS(=O)(=O)CC1)N(Cc1ccc(-c2nnc(C(F)F)o2)cn1)c1ccc(-c2cccnc2)cc1. The smallest absolute Gasteiger partial charge is 0.324 e. The summed E-state index contributed by atoms with van der Waals surface area (Å²) in [5.41, 5.74) is 6.18. The Balaban J connectivity index is 0.000000204. The number of hydrogen-bond donors (Lipinski definition) is 1. The molecule has 0 atom stereocenters. The van der Waals surface area contributed by atoms with Gasteiger partial charge in [0.25, 0.3) is 11.8 Å². The summed E-state index contributed by atoms with van der Waals surface area (Å²) in [6.45, 7) is -0.169. The molecule has 7 aromatic rings. The number of aromatic nitrogens is 6. The highest BCUT2D eigenvalue weighted by Gasteiger charge is 2.31. The number of halogens is 4. The minimum Gasteiger partial charge on any atom is -0.415 e. The van der Waals surface area contributed by atoms with E-state index < -0.39 is 62.7 Å². The molecule has 0 unspecified atom stereocenters. The molecule has 2 aliphatic heterocycles. The molecule has 400 valence electrons. The van der Waals surface area contributed by atoms with Crippen LogP contribution >= 0.6 is 0 Å². The quantitative estimate of drug-likeness (QED) is 0.0895. The highest BCUT2D eigenvalue weighted by atomic mass is 32.2. The molecule has 5 amide bonds. The Bertz CT molecular complexity index is 3380. The zero-order chi connectivity index (χ0) is 54.7. The number of ketones is 1. The van der Waals surface area contributed by atoms with Crippen LogP contribution in [0, 0.1) is 0 Å². The highest BCUT2D eigenvalue weighted by Crippen LogP contribution is 2.28. The lowest BCUT2D eigenvalue weighted by molar-refractivity contribution is -0.131. The summed E-state index contributed by atoms with van der Waals surface area (Å²) in [5, 5.41) is 8.79. The largest absolute Gasteiger partial charge is 0.415 e. The van der Waals surface area contributed by atoms with Crippen LogP contribution in [0.3, 0.4) is 0 Å². The van der Waals surface area contributed by atoms with Crippen LogP contribution in [0.5, 0.6) is 0 Å². The molecule has 77 heavy (non-hydrogen) atoms. The van der Waals surface area contributed by atoms with Crippen LogP contribution in [0.15, 0.2) is 139 Å². The van der Waals surface area contributed by atoms with Crippen LogP contribution in [0.25, 0.3) is 33.7 Å². The van der Waals surface area contributed by atoms with Crippen molar-refractivity contribution in [2.24, 2.45) is 0 Å². The standard InChI is InChI=1S/C26H25F2N5O5S.C25H22F2N6O4S/c27-24(28)25(35)31-16-23(34)20-3-6-21(30-15-20)17-33(26(36)32-10-12-39(37,38)13-11-32)22-7-4-18(5-8-22)19-2-1-9-29-14-19;26-22(27)24-31-30-23(37-24)19-3-6-20(29-15-19)16-33(25(34)32-10-12-38(35,36)13-11-32)21-7-4-17(5-8-21)18-2-1-9-28-14-18/h1-9,14-15,24H,10-13,16-17H2,(H,31,35);1-9,14-15,22H,10-13,16H2. The van der Waals surface area contributed by atoms with E-state index in [0.717, 1.165) is 22.3 Å². The number of benzene rings is 2. The minimum atomic E-state index is -3.22. The number of Topliss-reactive ketones (excluding diaryl/α,β-unsaturated/α-hetero) is 1. The second-order valence-electron chi connectivity index (χ2n) is 17.4. The van der Waals surface area contributed by atoms with Gasteiger partial charge >= 0.3 is 24.9 Å². The predicted octanol–water partition coefficient (Wildman–Crippen LogP) is 6.55. The van der Waals surface area contributed by atoms with Gasteiger partial charge in [-0.15, -0.1) is 10.2 Å². The summed E-state index contributed by atoms with van der Waals surface area (Å²) >= 11 is 0. The van der Waals surface area contributed by atoms with E-state index in [1.807, 2.05) is 53.8 Å². The maximum absolute atomic E-state index is 13.5. The Morgan fingerprint density at radius 3 is 1.43 bits per heavy atom. The van der Waals surface area contributed by atoms with Crippen molar-refractivity contribution in [2.75, 3.05) is 65.5 Å². The van der Waals surface area contributed by atoms with Crippen molar-refractivity contribution < 1.29 is 58.0 Å². The molecule has 0 bridgehead atoms. The van der Waals surface area contributed by atoms with Gasteiger partial charge in [0, 0.05) is 80.3 Å². The molecule has 0 spiro atoms. The summed E-state index contributed by atoms with van der Waals surface area (Å²) in [6.07, 6.45) is 3.36. The van der Waals surface area contributed by atoms with Crippen LogP contribution in [0.2, 0.25) is 0 Å². The van der Waals surface area contributed by atoms with Crippen LogP contribution in [0.4, 0.5) is 38.5 Å². The molecular formula is C51H47F4N11O9S2. The van der Waals surface area contributed by atoms with Crippen molar-refractivity contribution in [2.45, 2.75) is 25.9 Å². The lowest BCUT2D eigenvalue weighted by atomic mass is 10.1. The van der Waals surface area contributed by atoms with Crippen molar-refractivity contribution in [3.05, 3.63) is 157 Å². The van der Waals surface area contributed by atoms with E-state index in [1.165, 1.54) is 44.1 Å². The number of hydrogen-bond acceptors (Lipinski definition) is 15. The first-order chi connectivity index (χ1) is 36.9. The van der Waals surface area contributed by atoms with Crippen molar-refractivity contribution in [1.82, 2.24) is 45.2 Å². The van der Waals surface area contributed by atoms with E-state index in [-0.39, 0.29) is 79.8 Å². The van der Waals surface area contributed by atoms with Gasteiger partial charge in [-0.1, -0.05) is 36.4 Å². The van der Waals surface area contributed by atoms with E-state index in [0.29, 0.717) is 28.3 Å². The molecular weight excluding hydrogens is 1050 g/mol. The molecule has 2 saturated heterocycles. The number of urea groups is 2. The van der Waals surface area contributed by atoms with E-state index in [1.54, 1.807) is 61.2 Å². The van der Waals surface area contributed by atoms with Crippen LogP contribution < -0.4 is 15.1 Å². The first kappa shape index (κ1) is 54.7. The summed E-state index contributed by atoms with van der Waals surface area (Å²) in [6, 6.07) is 27.5. The Kier molecular flexibility index (Phi) is 17.4. The maximum Gasteiger partial charge on any atom is 0.324 e. The number of carbonyl (C=O) groups is 4. The molecule has 7 heterocycles. The summed E-state index contributed by atoms with van der Waals surface area (Å²) in [5.74, 6) is -3.44. The molecule has 2 aromatic carbocycles. The number of rotatable bonds is 14. The third kappa shape index (κ3) is 14.5. The van der Waals surface area contributed by atoms with Crippen molar-refractivity contribution in [3.8, 4) is 33.7 Å². The second kappa shape index (κ2) is 24.4. The monoisotopic (exact) mass is 1100 g/mol. The van der Waals surface area contributed by atoms with Gasteiger partial charge in [-0.25, -0.2) is 26.4 Å². The van der Waals surface area contributed by atoms with Gasteiger partial charge in [0.2, 0.25) is 5.89 Å². The molecule has 9 rings (SSSR count). The fourth-order valence-corrected chi connectivity index (χ4v) is 10.3. The summed E-state index contributed by atoms with van der Waals surface area (Å²) in [7, 11) is -6.36. The van der Waals surface area contributed by atoms with Gasteiger partial charge in [-0.3, -0.25) is 39.3 Å². The Morgan fingerprint density at radius 2 is 1.04 bits per heavy atom. The van der Waals surface area contributed by atoms with E-state index in [2.05, 4.69) is 30.1 Å². The first-order valence-electron chi connectivity index (χ1n) is 23.6. The molecule has 2 aliphatic rings. The Labute approximate surface area is 438 Å². The third-order valence-corrected chi connectivity index (χ3v) is 15.4. The number of nitrogens with zero attached hydrogens (tertiary/aromatic N) is 10. The van der Waals surface area contributed by atoms with Crippen molar-refractivity contribution >= 4 is 54.8 Å². The van der Waals surface area contributed by atoms with Crippen LogP contribution in [-0.4, -0.2) is 143 Å². The predicted molar refractivity (Wildman–Crippen MR) is 273 cm³/mol. The van der Waals surface area contributed by atoms with Gasteiger partial charge in [0.1, 0.15) is 0 Å². The fourth-order valence-electron chi connectivity index (χ4n) is 7.86. The first-order valence-corrected chi connectivity index (χ1v) is 27.2. The highest BCUT2D eigenvalue weighted by molar-refractivity contribution is 7.91. The number of anilines is 2. The average molecular weight is 1100 g/mol. The van der Waals surface area contributed by atoms with Gasteiger partial charge in [0.15, 0.2) is 25.5 Å². The van der Waals surface area contributed by atoms with E-state index in [4.69, 9.17) is 4.42 Å². The molecule has 1 N–H and O–H groups in total. The van der Waals surface area contributed by atoms with Gasteiger partial charge in [0.05, 0.1) is 59.6 Å². The Hall–Kier alpha value is -8.52. The Morgan fingerprint density at radius 1 is 0.571 bits per heavy atom. The van der Waals surface area contributed by atoms with Crippen LogP contribution in [0.1, 0.15) is 34.1 Å². The number of nitrogens with one attached hydrogen (secondary N) is 1. The fraction of sp³-hybridized carbons (Fsp3) is 0.255. The topological polar surface area (TPSA) is 252 Å². The molecule has 26 heteroatoms. The number of carbonyl (C=O) groups excluding carboxylic acids is 4. The van der Waals surface area contributed by atoms with Gasteiger partial charge < -0.3 is 19.5 Å². The van der Waals surface area contributed by atoms with Crippen LogP contribution in [-0.2, 0) is 37.6 Å². The molecule has 0 aliphatic carbocycles. The third-order valence-electron chi connectivity index (χ3n) is 12.1. The normalized spacial score (nSPS) is 14.8. The summed E-state index contributed by atoms with van der Waals surface area (Å²) < 4.78 is 103.